The summed E-state index contributed by atoms with van der Waals surface area (Å²) in [5.41, 5.74) is -1.97. The largest absolute Gasteiger partial charge is 0.508 e. The Morgan fingerprint density at radius 3 is 1.93 bits per heavy atom. The molecule has 17 N–H and O–H groups in total. The number of amides is 8. The number of fused-ring (bicyclic) bond motifs is 14. The number of unbranched alkanes of at least 4 members (excludes halogenated alkanes) is 5. The lowest BCUT2D eigenvalue weighted by Crippen LogP contribution is -2.66. The zero-order valence-corrected chi connectivity index (χ0v) is 66.5. The van der Waals surface area contributed by atoms with Crippen molar-refractivity contribution in [1.29, 1.82) is 0 Å². The number of nitrogens with one attached hydrogen (secondary N) is 9. The molecule has 7 aliphatic heterocycles. The summed E-state index contributed by atoms with van der Waals surface area (Å²) in [4.78, 5) is 139. The van der Waals surface area contributed by atoms with Crippen LogP contribution in [0.3, 0.4) is 0 Å². The third-order valence-corrected chi connectivity index (χ3v) is 21.6. The molecular weight excluding hydrogens is 1580 g/mol. The summed E-state index contributed by atoms with van der Waals surface area (Å²) in [6.07, 6.45) is -4.66. The molecule has 17 bridgehead atoms. The normalized spacial score (nSPS) is 23.1. The SMILES string of the molecule is CN[C@@H]1C(=O)N[C@@H]2Cc3ccc(cc3)Oc3cc4cc(c3O[C@@H]3O[C@H](C(=O)OC)[C@@H](O)[C@H](O)[C@H]3NC(=O)CCCCCCCCC(C)C)Oc3ccc(cc3Cl)[C@@H](O)[C@@H]3NC(=O)[C@H](NC(=O)[C@@H]4NC(=O)[C@@H](NC2=O)c2cc(cc(O)c2Cl)Oc2cc1ccc2O)c1ccc(O)c(c1)-c1c(O)cc(O)cc1[C@H](C(=O)NCCCN(C)C)NC3=O. The Morgan fingerprint density at radius 2 is 1.23 bits per heavy atom. The molecule has 0 unspecified atom stereocenters. The van der Waals surface area contributed by atoms with Crippen LogP contribution in [0.1, 0.15) is 147 Å². The van der Waals surface area contributed by atoms with Gasteiger partial charge in [-0.05, 0) is 153 Å². The number of ether oxygens (including phenoxy) is 6. The highest BCUT2D eigenvalue weighted by atomic mass is 35.5. The highest BCUT2D eigenvalue weighted by Crippen LogP contribution is 2.50. The smallest absolute Gasteiger partial charge is 0.337 e. The third kappa shape index (κ3) is 19.4. The third-order valence-electron chi connectivity index (χ3n) is 20.9. The van der Waals surface area contributed by atoms with Crippen LogP contribution in [-0.4, -0.2) is 183 Å². The Bertz CT molecular complexity index is 5000. The van der Waals surface area contributed by atoms with E-state index in [9.17, 15) is 60.0 Å². The van der Waals surface area contributed by atoms with Crippen molar-refractivity contribution in [2.75, 3.05) is 41.3 Å². The van der Waals surface area contributed by atoms with E-state index in [1.165, 1.54) is 61.6 Å². The number of carbonyl (C=O) groups is 9. The summed E-state index contributed by atoms with van der Waals surface area (Å²) in [6, 6.07) is 7.29. The summed E-state index contributed by atoms with van der Waals surface area (Å²) in [5, 5.41) is 118. The van der Waals surface area contributed by atoms with Crippen molar-refractivity contribution in [1.82, 2.24) is 52.8 Å². The van der Waals surface area contributed by atoms with Gasteiger partial charge in [0.15, 0.2) is 29.1 Å². The number of halogens is 2. The van der Waals surface area contributed by atoms with Crippen molar-refractivity contribution in [3.8, 4) is 80.1 Å². The highest BCUT2D eigenvalue weighted by Gasteiger charge is 2.51. The highest BCUT2D eigenvalue weighted by molar-refractivity contribution is 6.33. The second kappa shape index (κ2) is 37.3. The molecule has 8 amide bonds. The van der Waals surface area contributed by atoms with E-state index in [0.29, 0.717) is 37.3 Å². The van der Waals surface area contributed by atoms with Gasteiger partial charge in [-0.1, -0.05) is 106 Å². The van der Waals surface area contributed by atoms with Crippen molar-refractivity contribution in [3.05, 3.63) is 164 Å². The number of hydrogen-bond donors (Lipinski definition) is 17. The number of aliphatic hydroxyl groups excluding tert-OH is 3. The van der Waals surface area contributed by atoms with Gasteiger partial charge in [-0.25, -0.2) is 4.79 Å². The fourth-order valence-corrected chi connectivity index (χ4v) is 15.1. The topological polar surface area (TPSA) is 482 Å². The molecule has 1 fully saturated rings. The first-order valence-electron chi connectivity index (χ1n) is 38.4. The predicted molar refractivity (Wildman–Crippen MR) is 424 cm³/mol. The first-order chi connectivity index (χ1) is 56.4. The first-order valence-corrected chi connectivity index (χ1v) is 39.1. The van der Waals surface area contributed by atoms with Crippen LogP contribution < -0.4 is 66.8 Å². The lowest BCUT2D eigenvalue weighted by Gasteiger charge is -2.41. The van der Waals surface area contributed by atoms with Gasteiger partial charge in [0.1, 0.15) is 107 Å². The number of nitrogens with zero attached hydrogens (tertiary/aromatic N) is 1. The van der Waals surface area contributed by atoms with Crippen molar-refractivity contribution < 1.29 is 112 Å². The fourth-order valence-electron chi connectivity index (χ4n) is 14.7. The molecule has 35 heteroatoms. The minimum atomic E-state index is -2.35. The Balaban J connectivity index is 1.09. The van der Waals surface area contributed by atoms with Crippen LogP contribution in [0.15, 0.2) is 115 Å². The number of rotatable bonds is 19. The van der Waals surface area contributed by atoms with E-state index in [1.54, 1.807) is 14.1 Å². The maximum Gasteiger partial charge on any atom is 0.337 e. The van der Waals surface area contributed by atoms with Gasteiger partial charge in [0.25, 0.3) is 0 Å². The zero-order valence-electron chi connectivity index (χ0n) is 64.9. The van der Waals surface area contributed by atoms with Crippen LogP contribution in [0.2, 0.25) is 10.0 Å². The molecule has 0 radical (unpaired) electrons. The van der Waals surface area contributed by atoms with Crippen molar-refractivity contribution >= 4 is 76.4 Å². The molecule has 33 nitrogen and oxygen atoms in total. The minimum Gasteiger partial charge on any atom is -0.508 e. The molecule has 0 spiro atoms. The van der Waals surface area contributed by atoms with E-state index in [-0.39, 0.29) is 70.2 Å². The Kier molecular flexibility index (Phi) is 27.1. The molecule has 118 heavy (non-hydrogen) atoms. The van der Waals surface area contributed by atoms with Gasteiger partial charge >= 0.3 is 5.97 Å². The van der Waals surface area contributed by atoms with E-state index in [1.807, 2.05) is 4.90 Å². The van der Waals surface area contributed by atoms with Crippen LogP contribution in [-0.2, 0) is 59.0 Å². The second-order valence-electron chi connectivity index (χ2n) is 30.1. The predicted octanol–water partition coefficient (Wildman–Crippen LogP) is 6.78. The average Bonchev–Trinajstić information content (AvgIpc) is 0.774. The van der Waals surface area contributed by atoms with Gasteiger partial charge in [0, 0.05) is 48.2 Å². The van der Waals surface area contributed by atoms with E-state index < -0.39 is 205 Å². The van der Waals surface area contributed by atoms with E-state index in [0.717, 1.165) is 99.9 Å². The minimum absolute atomic E-state index is 0.00534. The van der Waals surface area contributed by atoms with Crippen LogP contribution in [0.5, 0.6) is 69.0 Å². The molecule has 1 saturated heterocycles. The van der Waals surface area contributed by atoms with Gasteiger partial charge in [-0.2, -0.15) is 0 Å². The van der Waals surface area contributed by atoms with E-state index in [2.05, 4.69) is 61.7 Å². The number of carbonyl (C=O) groups excluding carboxylic acids is 9. The summed E-state index contributed by atoms with van der Waals surface area (Å²) >= 11 is 14.3. The van der Waals surface area contributed by atoms with Gasteiger partial charge < -0.3 is 122 Å². The summed E-state index contributed by atoms with van der Waals surface area (Å²) in [7, 11) is 6.04. The quantitative estimate of drug-likeness (QED) is 0.0293. The van der Waals surface area contributed by atoms with E-state index in [4.69, 9.17) is 51.6 Å². The molecule has 7 aromatic rings. The zero-order chi connectivity index (χ0) is 84.7. The van der Waals surface area contributed by atoms with Crippen LogP contribution in [0, 0.1) is 5.92 Å². The summed E-state index contributed by atoms with van der Waals surface area (Å²) < 4.78 is 37.8. The molecule has 7 aromatic carbocycles. The van der Waals surface area contributed by atoms with Crippen molar-refractivity contribution in [2.45, 2.75) is 157 Å². The Labute approximate surface area is 687 Å². The van der Waals surface area contributed by atoms with Gasteiger partial charge in [-0.3, -0.25) is 38.4 Å². The Hall–Kier alpha value is -11.7. The molecule has 0 saturated carbocycles. The number of likely N-dealkylation sites (N-methyl/N-ethyl adjacent to an activating group) is 1. The van der Waals surface area contributed by atoms with Crippen molar-refractivity contribution in [3.63, 3.8) is 0 Å². The molecule has 0 aromatic heterocycles. The molecule has 0 aliphatic carbocycles. The monoisotopic (exact) mass is 1670 g/mol. The van der Waals surface area contributed by atoms with Crippen molar-refractivity contribution in [2.24, 2.45) is 5.92 Å². The molecule has 7 aliphatic rings. The number of benzene rings is 7. The summed E-state index contributed by atoms with van der Waals surface area (Å²) in [5.74, 6) is -15.6. The number of esters is 1. The number of hydrogen-bond acceptors (Lipinski definition) is 25. The van der Waals surface area contributed by atoms with Gasteiger partial charge in [0.05, 0.1) is 17.2 Å². The lowest BCUT2D eigenvalue weighted by atomic mass is 9.89. The maximum absolute atomic E-state index is 16.6. The molecular formula is C83H92Cl2N10O23. The second-order valence-corrected chi connectivity index (χ2v) is 30.9. The lowest BCUT2D eigenvalue weighted by molar-refractivity contribution is -0.242. The number of methoxy groups -OCH3 is 1. The van der Waals surface area contributed by atoms with Crippen LogP contribution in [0.4, 0.5) is 0 Å². The molecule has 7 heterocycles. The molecule has 14 rings (SSSR count). The van der Waals surface area contributed by atoms with Gasteiger partial charge in [0.2, 0.25) is 59.3 Å². The maximum atomic E-state index is 16.6. The van der Waals surface area contributed by atoms with Gasteiger partial charge in [-0.15, -0.1) is 0 Å². The van der Waals surface area contributed by atoms with Crippen LogP contribution >= 0.6 is 23.2 Å². The number of aliphatic hydroxyl groups is 3. The Morgan fingerprint density at radius 1 is 0.585 bits per heavy atom. The number of phenolic OH excluding ortho intramolecular Hbond substituents is 5. The first kappa shape index (κ1) is 85.7. The average molecular weight is 1670 g/mol. The number of phenols is 5. The fraction of sp³-hybridized carbons (Fsp3) is 0.386. The standard InChI is InChI=1S/C83H92Cl2N10O23/c1-38(2)14-11-9-7-8-10-12-15-60(101)89-69-71(103)72(104)74(82(112)113-6)118-83(69)117-73-58-32-43-33-59(73)116-56-25-20-42(30-50(56)84)70(102)68-81(111)93-66(76(106)87-26-13-27-95(4)5)48-34-44(96)35-54(99)61(48)47-29-40(18-23-52(47)97)64(78(108)94-68)90-79(109)65(43)91-80(110)67-49-36-46(37-55(100)62(49)85)115-57-31-41(19-24-53(57)98)63(86-3)77(107)88-51(75(105)92-67)28-39-16-21-45(114-58)22-17-39/h16-25,29-38,51,63-72,74,83,86,96-100,102-104H,7-15,26-28H2,1-6H3,(H,87,106)(H,88,107)(H,89,101)(H,90,109)(H,91,110)(H,92,105)(H,93,111)(H,94,108)/t51-,63+,64-,65-,66-,67+,68+,69-,70-,71-,72+,74+,83-/m1/s1. The van der Waals surface area contributed by atoms with Crippen LogP contribution in [0.25, 0.3) is 11.1 Å². The number of aromatic hydroxyl groups is 5. The van der Waals surface area contributed by atoms with E-state index >= 15 is 24.0 Å². The molecule has 626 valence electrons. The molecule has 13 atom stereocenters. The summed E-state index contributed by atoms with van der Waals surface area (Å²) in [6.45, 7) is 4.79.